The van der Waals surface area contributed by atoms with Crippen molar-refractivity contribution in [3.63, 3.8) is 0 Å². The summed E-state index contributed by atoms with van der Waals surface area (Å²) < 4.78 is 5.01. The SMILES string of the molecule is O=C(NCCC1CCCC1)c1ccco1. The Bertz CT molecular complexity index is 299. The molecule has 0 unspecified atom stereocenters. The summed E-state index contributed by atoms with van der Waals surface area (Å²) in [5.41, 5.74) is 0. The minimum absolute atomic E-state index is 0.0991. The molecule has 0 saturated heterocycles. The lowest BCUT2D eigenvalue weighted by Crippen LogP contribution is -2.25. The van der Waals surface area contributed by atoms with Gasteiger partial charge in [-0.05, 0) is 24.5 Å². The van der Waals surface area contributed by atoms with E-state index in [4.69, 9.17) is 4.42 Å². The normalized spacial score (nSPS) is 16.8. The van der Waals surface area contributed by atoms with Gasteiger partial charge in [-0.2, -0.15) is 0 Å². The van der Waals surface area contributed by atoms with Crippen molar-refractivity contribution in [3.8, 4) is 0 Å². The lowest BCUT2D eigenvalue weighted by atomic mass is 10.0. The first-order valence-corrected chi connectivity index (χ1v) is 5.68. The molecule has 1 heterocycles. The molecule has 1 fully saturated rings. The van der Waals surface area contributed by atoms with Crippen molar-refractivity contribution in [2.45, 2.75) is 32.1 Å². The number of carbonyl (C=O) groups is 1. The van der Waals surface area contributed by atoms with Gasteiger partial charge in [0.2, 0.25) is 0 Å². The molecular weight excluding hydrogens is 190 g/mol. The van der Waals surface area contributed by atoms with E-state index in [0.717, 1.165) is 18.9 Å². The Morgan fingerprint density at radius 1 is 1.47 bits per heavy atom. The highest BCUT2D eigenvalue weighted by molar-refractivity contribution is 5.91. The summed E-state index contributed by atoms with van der Waals surface area (Å²) in [7, 11) is 0. The third kappa shape index (κ3) is 2.85. The minimum atomic E-state index is -0.0991. The molecule has 1 saturated carbocycles. The highest BCUT2D eigenvalue weighted by Gasteiger charge is 2.15. The molecule has 0 aliphatic heterocycles. The fraction of sp³-hybridized carbons (Fsp3) is 0.583. The van der Waals surface area contributed by atoms with Crippen LogP contribution in [0.1, 0.15) is 42.7 Å². The molecular formula is C12H17NO2. The van der Waals surface area contributed by atoms with E-state index in [1.165, 1.54) is 31.9 Å². The van der Waals surface area contributed by atoms with E-state index in [1.54, 1.807) is 12.1 Å². The largest absolute Gasteiger partial charge is 0.459 e. The quantitative estimate of drug-likeness (QED) is 0.824. The van der Waals surface area contributed by atoms with Crippen molar-refractivity contribution in [1.82, 2.24) is 5.32 Å². The average molecular weight is 207 g/mol. The molecule has 2 rings (SSSR count). The van der Waals surface area contributed by atoms with E-state index >= 15 is 0 Å². The zero-order valence-electron chi connectivity index (χ0n) is 8.87. The number of hydrogen-bond acceptors (Lipinski definition) is 2. The summed E-state index contributed by atoms with van der Waals surface area (Å²) >= 11 is 0. The number of furan rings is 1. The summed E-state index contributed by atoms with van der Waals surface area (Å²) in [5, 5.41) is 2.88. The van der Waals surface area contributed by atoms with Crippen molar-refractivity contribution in [2.24, 2.45) is 5.92 Å². The van der Waals surface area contributed by atoms with Crippen LogP contribution in [-0.2, 0) is 0 Å². The van der Waals surface area contributed by atoms with Crippen LogP contribution in [0.15, 0.2) is 22.8 Å². The molecule has 0 atom stereocenters. The zero-order valence-corrected chi connectivity index (χ0v) is 8.87. The Balaban J connectivity index is 1.67. The third-order valence-corrected chi connectivity index (χ3v) is 3.06. The number of nitrogens with one attached hydrogen (secondary N) is 1. The van der Waals surface area contributed by atoms with Gasteiger partial charge in [0.25, 0.3) is 5.91 Å². The molecule has 15 heavy (non-hydrogen) atoms. The Kier molecular flexibility index (Phi) is 3.43. The predicted molar refractivity (Wildman–Crippen MR) is 57.6 cm³/mol. The van der Waals surface area contributed by atoms with E-state index in [0.29, 0.717) is 5.76 Å². The first-order chi connectivity index (χ1) is 7.36. The average Bonchev–Trinajstić information content (AvgIpc) is 2.90. The summed E-state index contributed by atoms with van der Waals surface area (Å²) in [4.78, 5) is 11.5. The third-order valence-electron chi connectivity index (χ3n) is 3.06. The molecule has 82 valence electrons. The molecule has 1 aliphatic carbocycles. The van der Waals surface area contributed by atoms with Crippen LogP contribution < -0.4 is 5.32 Å². The van der Waals surface area contributed by atoms with Crippen LogP contribution in [-0.4, -0.2) is 12.5 Å². The Labute approximate surface area is 89.9 Å². The zero-order chi connectivity index (χ0) is 10.5. The molecule has 0 spiro atoms. The maximum Gasteiger partial charge on any atom is 0.286 e. The van der Waals surface area contributed by atoms with Gasteiger partial charge in [-0.1, -0.05) is 25.7 Å². The van der Waals surface area contributed by atoms with Crippen molar-refractivity contribution < 1.29 is 9.21 Å². The standard InChI is InChI=1S/C12H17NO2/c14-12(11-6-3-9-15-11)13-8-7-10-4-1-2-5-10/h3,6,9-10H,1-2,4-5,7-8H2,(H,13,14). The van der Waals surface area contributed by atoms with Gasteiger partial charge < -0.3 is 9.73 Å². The van der Waals surface area contributed by atoms with Gasteiger partial charge >= 0.3 is 0 Å². The maximum absolute atomic E-state index is 11.5. The molecule has 0 bridgehead atoms. The molecule has 1 aromatic rings. The van der Waals surface area contributed by atoms with E-state index in [1.807, 2.05) is 0 Å². The number of amides is 1. The van der Waals surface area contributed by atoms with E-state index in [9.17, 15) is 4.79 Å². The first kappa shape index (κ1) is 10.3. The lowest BCUT2D eigenvalue weighted by Gasteiger charge is -2.08. The van der Waals surface area contributed by atoms with Gasteiger partial charge in [-0.25, -0.2) is 0 Å². The van der Waals surface area contributed by atoms with Crippen LogP contribution in [0.3, 0.4) is 0 Å². The monoisotopic (exact) mass is 207 g/mol. The smallest absolute Gasteiger partial charge is 0.286 e. The number of rotatable bonds is 4. The predicted octanol–water partition coefficient (Wildman–Crippen LogP) is 2.59. The van der Waals surface area contributed by atoms with Gasteiger partial charge in [0.05, 0.1) is 6.26 Å². The Hall–Kier alpha value is -1.25. The highest BCUT2D eigenvalue weighted by atomic mass is 16.3. The maximum atomic E-state index is 11.5. The molecule has 1 aromatic heterocycles. The molecule has 0 aromatic carbocycles. The molecule has 3 heteroatoms. The summed E-state index contributed by atoms with van der Waals surface area (Å²) in [5.74, 6) is 1.13. The Morgan fingerprint density at radius 2 is 2.27 bits per heavy atom. The fourth-order valence-electron chi connectivity index (χ4n) is 2.18. The van der Waals surface area contributed by atoms with Crippen LogP contribution >= 0.6 is 0 Å². The van der Waals surface area contributed by atoms with Crippen molar-refractivity contribution in [2.75, 3.05) is 6.54 Å². The van der Waals surface area contributed by atoms with Crippen LogP contribution in [0.4, 0.5) is 0 Å². The lowest BCUT2D eigenvalue weighted by molar-refractivity contribution is 0.0924. The molecule has 0 radical (unpaired) electrons. The van der Waals surface area contributed by atoms with Crippen LogP contribution in [0.2, 0.25) is 0 Å². The van der Waals surface area contributed by atoms with Gasteiger partial charge in [0, 0.05) is 6.54 Å². The Morgan fingerprint density at radius 3 is 2.93 bits per heavy atom. The van der Waals surface area contributed by atoms with Crippen LogP contribution in [0.25, 0.3) is 0 Å². The number of hydrogen-bond donors (Lipinski definition) is 1. The van der Waals surface area contributed by atoms with E-state index in [-0.39, 0.29) is 5.91 Å². The molecule has 1 N–H and O–H groups in total. The van der Waals surface area contributed by atoms with Gasteiger partial charge in [0.15, 0.2) is 5.76 Å². The topological polar surface area (TPSA) is 42.2 Å². The van der Waals surface area contributed by atoms with Gasteiger partial charge in [-0.15, -0.1) is 0 Å². The molecule has 3 nitrogen and oxygen atoms in total. The van der Waals surface area contributed by atoms with Crippen molar-refractivity contribution in [1.29, 1.82) is 0 Å². The highest BCUT2D eigenvalue weighted by Crippen LogP contribution is 2.26. The van der Waals surface area contributed by atoms with Crippen LogP contribution in [0, 0.1) is 5.92 Å². The summed E-state index contributed by atoms with van der Waals surface area (Å²) in [6.07, 6.45) is 8.00. The van der Waals surface area contributed by atoms with Crippen molar-refractivity contribution >= 4 is 5.91 Å². The summed E-state index contributed by atoms with van der Waals surface area (Å²) in [6.45, 7) is 0.768. The minimum Gasteiger partial charge on any atom is -0.459 e. The van der Waals surface area contributed by atoms with E-state index < -0.39 is 0 Å². The molecule has 1 amide bonds. The van der Waals surface area contributed by atoms with Crippen LogP contribution in [0.5, 0.6) is 0 Å². The molecule has 1 aliphatic rings. The second-order valence-corrected chi connectivity index (χ2v) is 4.17. The van der Waals surface area contributed by atoms with Crippen molar-refractivity contribution in [3.05, 3.63) is 24.2 Å². The fourth-order valence-corrected chi connectivity index (χ4v) is 2.18. The summed E-state index contributed by atoms with van der Waals surface area (Å²) in [6, 6.07) is 3.41. The second-order valence-electron chi connectivity index (χ2n) is 4.17. The second kappa shape index (κ2) is 5.01. The van der Waals surface area contributed by atoms with Gasteiger partial charge in [0.1, 0.15) is 0 Å². The first-order valence-electron chi connectivity index (χ1n) is 5.68. The van der Waals surface area contributed by atoms with Gasteiger partial charge in [-0.3, -0.25) is 4.79 Å². The number of carbonyl (C=O) groups excluding carboxylic acids is 1. The van der Waals surface area contributed by atoms with E-state index in [2.05, 4.69) is 5.32 Å².